The van der Waals surface area contributed by atoms with E-state index < -0.39 is 11.9 Å². The molecule has 0 fully saturated rings. The Bertz CT molecular complexity index is 328. The van der Waals surface area contributed by atoms with Gasteiger partial charge in [-0.3, -0.25) is 5.10 Å². The molecule has 0 spiro atoms. The number of hydrogen-bond donors (Lipinski definition) is 2. The highest BCUT2D eigenvalue weighted by atomic mass is 19.4. The van der Waals surface area contributed by atoms with E-state index in [1.54, 1.807) is 0 Å². The van der Waals surface area contributed by atoms with Crippen LogP contribution < -0.4 is 0 Å². The van der Waals surface area contributed by atoms with Gasteiger partial charge < -0.3 is 5.21 Å². The van der Waals surface area contributed by atoms with Crippen molar-refractivity contribution in [1.29, 1.82) is 0 Å². The number of aromatic nitrogens is 2. The minimum Gasteiger partial charge on any atom is -0.411 e. The lowest BCUT2D eigenvalue weighted by Crippen LogP contribution is -2.07. The van der Waals surface area contributed by atoms with Gasteiger partial charge in [0, 0.05) is 5.56 Å². The molecule has 0 aromatic carbocycles. The summed E-state index contributed by atoms with van der Waals surface area (Å²) in [5, 5.41) is 15.8. The molecule has 0 aliphatic carbocycles. The Labute approximate surface area is 71.1 Å². The molecule has 0 saturated carbocycles. The van der Waals surface area contributed by atoms with Crippen molar-refractivity contribution in [2.45, 2.75) is 13.1 Å². The van der Waals surface area contributed by atoms with E-state index in [0.29, 0.717) is 0 Å². The predicted octanol–water partition coefficient (Wildman–Crippen LogP) is 1.55. The third-order valence-electron chi connectivity index (χ3n) is 1.51. The maximum atomic E-state index is 12.1. The van der Waals surface area contributed by atoms with Crippen LogP contribution in [-0.2, 0) is 6.18 Å². The molecule has 0 bridgehead atoms. The van der Waals surface area contributed by atoms with Crippen LogP contribution in [0.4, 0.5) is 13.2 Å². The number of oxime groups is 1. The van der Waals surface area contributed by atoms with Crippen molar-refractivity contribution in [2.75, 3.05) is 0 Å². The third kappa shape index (κ3) is 1.79. The predicted molar refractivity (Wildman–Crippen MR) is 37.7 cm³/mol. The van der Waals surface area contributed by atoms with Crippen molar-refractivity contribution in [1.82, 2.24) is 10.2 Å². The summed E-state index contributed by atoms with van der Waals surface area (Å²) in [4.78, 5) is 0. The molecular weight excluding hydrogens is 187 g/mol. The molecule has 1 aromatic rings. The maximum absolute atomic E-state index is 12.1. The van der Waals surface area contributed by atoms with Crippen LogP contribution in [0.1, 0.15) is 17.0 Å². The number of nitrogens with one attached hydrogen (secondary N) is 1. The van der Waals surface area contributed by atoms with Crippen molar-refractivity contribution >= 4 is 6.21 Å². The summed E-state index contributed by atoms with van der Waals surface area (Å²) in [6, 6.07) is 0. The van der Waals surface area contributed by atoms with Crippen LogP contribution in [0.15, 0.2) is 5.16 Å². The lowest BCUT2D eigenvalue weighted by Gasteiger charge is -2.02. The lowest BCUT2D eigenvalue weighted by atomic mass is 10.2. The van der Waals surface area contributed by atoms with E-state index in [1.165, 1.54) is 6.92 Å². The molecule has 1 aromatic heterocycles. The van der Waals surface area contributed by atoms with Crippen molar-refractivity contribution in [3.05, 3.63) is 17.0 Å². The van der Waals surface area contributed by atoms with E-state index in [2.05, 4.69) is 10.3 Å². The van der Waals surface area contributed by atoms with Crippen LogP contribution in [0.3, 0.4) is 0 Å². The highest BCUT2D eigenvalue weighted by Gasteiger charge is 2.35. The van der Waals surface area contributed by atoms with Gasteiger partial charge in [-0.2, -0.15) is 18.3 Å². The van der Waals surface area contributed by atoms with E-state index in [0.717, 1.165) is 6.21 Å². The van der Waals surface area contributed by atoms with Crippen LogP contribution >= 0.6 is 0 Å². The quantitative estimate of drug-likeness (QED) is 0.403. The summed E-state index contributed by atoms with van der Waals surface area (Å²) in [6.45, 7) is 1.24. The number of alkyl halides is 3. The lowest BCUT2D eigenvalue weighted by molar-refractivity contribution is -0.141. The molecule has 1 heterocycles. The number of halogens is 3. The molecule has 13 heavy (non-hydrogen) atoms. The molecule has 0 unspecified atom stereocenters. The van der Waals surface area contributed by atoms with E-state index >= 15 is 0 Å². The average molecular weight is 193 g/mol. The monoisotopic (exact) mass is 193 g/mol. The van der Waals surface area contributed by atoms with Gasteiger partial charge in [0.25, 0.3) is 0 Å². The molecule has 0 radical (unpaired) electrons. The summed E-state index contributed by atoms with van der Waals surface area (Å²) < 4.78 is 36.4. The Kier molecular flexibility index (Phi) is 2.26. The summed E-state index contributed by atoms with van der Waals surface area (Å²) in [5.41, 5.74) is -1.05. The Hall–Kier alpha value is -1.53. The van der Waals surface area contributed by atoms with Gasteiger partial charge in [-0.15, -0.1) is 0 Å². The molecule has 2 N–H and O–H groups in total. The highest BCUT2D eigenvalue weighted by Crippen LogP contribution is 2.30. The molecule has 0 atom stereocenters. The molecule has 0 aliphatic rings. The fourth-order valence-electron chi connectivity index (χ4n) is 0.868. The van der Waals surface area contributed by atoms with Gasteiger partial charge in [0.05, 0.1) is 6.21 Å². The van der Waals surface area contributed by atoms with E-state index in [1.807, 2.05) is 5.10 Å². The summed E-state index contributed by atoms with van der Waals surface area (Å²) >= 11 is 0. The minimum absolute atomic E-state index is 0.0326. The maximum Gasteiger partial charge on any atom is 0.433 e. The Balaban J connectivity index is 3.14. The molecule has 0 amide bonds. The van der Waals surface area contributed by atoms with Gasteiger partial charge >= 0.3 is 6.18 Å². The number of hydrogen-bond acceptors (Lipinski definition) is 3. The Morgan fingerprint density at radius 3 is 2.54 bits per heavy atom. The molecule has 4 nitrogen and oxygen atoms in total. The second-order valence-electron chi connectivity index (χ2n) is 2.35. The summed E-state index contributed by atoms with van der Waals surface area (Å²) in [7, 11) is 0. The minimum atomic E-state index is -4.46. The third-order valence-corrected chi connectivity index (χ3v) is 1.51. The SMILES string of the molecule is Cc1c(/C=N/O)n[nH]c1C(F)(F)F. The fourth-order valence-corrected chi connectivity index (χ4v) is 0.868. The number of rotatable bonds is 1. The van der Waals surface area contributed by atoms with Crippen LogP contribution in [0.2, 0.25) is 0 Å². The molecule has 0 aliphatic heterocycles. The molecule has 1 rings (SSSR count). The topological polar surface area (TPSA) is 61.3 Å². The molecule has 7 heteroatoms. The smallest absolute Gasteiger partial charge is 0.411 e. The van der Waals surface area contributed by atoms with Gasteiger partial charge in [-0.25, -0.2) is 0 Å². The number of H-pyrrole nitrogens is 1. The standard InChI is InChI=1S/C6H6F3N3O/c1-3-4(2-10-13)11-12-5(3)6(7,8)9/h2,13H,1H3,(H,11,12)/b10-2+. The van der Waals surface area contributed by atoms with E-state index in [9.17, 15) is 13.2 Å². The van der Waals surface area contributed by atoms with E-state index in [4.69, 9.17) is 5.21 Å². The molecular formula is C6H6F3N3O. The summed E-state index contributed by atoms with van der Waals surface area (Å²) in [5.74, 6) is 0. The van der Waals surface area contributed by atoms with Gasteiger partial charge in [0.1, 0.15) is 11.4 Å². The van der Waals surface area contributed by atoms with Gasteiger partial charge in [0.15, 0.2) is 0 Å². The van der Waals surface area contributed by atoms with Crippen molar-refractivity contribution in [2.24, 2.45) is 5.16 Å². The zero-order valence-corrected chi connectivity index (χ0v) is 6.55. The van der Waals surface area contributed by atoms with Crippen LogP contribution in [0.25, 0.3) is 0 Å². The van der Waals surface area contributed by atoms with Crippen molar-refractivity contribution < 1.29 is 18.4 Å². The fraction of sp³-hybridized carbons (Fsp3) is 0.333. The van der Waals surface area contributed by atoms with E-state index in [-0.39, 0.29) is 11.3 Å². The first-order valence-electron chi connectivity index (χ1n) is 3.26. The molecule has 0 saturated heterocycles. The summed E-state index contributed by atoms with van der Waals surface area (Å²) in [6.07, 6.45) is -3.63. The van der Waals surface area contributed by atoms with Crippen LogP contribution in [0.5, 0.6) is 0 Å². The van der Waals surface area contributed by atoms with Gasteiger partial charge in [-0.05, 0) is 6.92 Å². The van der Waals surface area contributed by atoms with Gasteiger partial charge in [0.2, 0.25) is 0 Å². The highest BCUT2D eigenvalue weighted by molar-refractivity contribution is 5.78. The van der Waals surface area contributed by atoms with Gasteiger partial charge in [-0.1, -0.05) is 5.16 Å². The Morgan fingerprint density at radius 1 is 1.54 bits per heavy atom. The first-order valence-corrected chi connectivity index (χ1v) is 3.26. The number of nitrogens with zero attached hydrogens (tertiary/aromatic N) is 2. The van der Waals surface area contributed by atoms with Crippen molar-refractivity contribution in [3.63, 3.8) is 0 Å². The zero-order valence-electron chi connectivity index (χ0n) is 6.55. The van der Waals surface area contributed by atoms with Crippen molar-refractivity contribution in [3.8, 4) is 0 Å². The largest absolute Gasteiger partial charge is 0.433 e. The second-order valence-corrected chi connectivity index (χ2v) is 2.35. The normalized spacial score (nSPS) is 12.6. The molecule has 72 valence electrons. The first kappa shape index (κ1) is 9.56. The van der Waals surface area contributed by atoms with Crippen LogP contribution in [-0.4, -0.2) is 21.6 Å². The Morgan fingerprint density at radius 2 is 2.15 bits per heavy atom. The second kappa shape index (κ2) is 3.08. The zero-order chi connectivity index (χ0) is 10.1. The average Bonchev–Trinajstić information content (AvgIpc) is 2.32. The first-order chi connectivity index (χ1) is 5.96. The number of aromatic amines is 1. The van der Waals surface area contributed by atoms with Crippen LogP contribution in [0, 0.1) is 6.92 Å².